The number of unbranched alkanes of at least 4 members (excludes halogenated alkanes) is 3. The van der Waals surface area contributed by atoms with E-state index in [9.17, 15) is 0 Å². The molecule has 0 aliphatic rings. The third-order valence-electron chi connectivity index (χ3n) is 5.31. The molecule has 0 atom stereocenters. The van der Waals surface area contributed by atoms with Crippen LogP contribution in [0.25, 0.3) is 5.69 Å². The third kappa shape index (κ3) is 5.49. The molecule has 0 aliphatic heterocycles. The topological polar surface area (TPSA) is 17.8 Å². The van der Waals surface area contributed by atoms with Gasteiger partial charge < -0.3 is 0 Å². The molecule has 138 valence electrons. The van der Waals surface area contributed by atoms with Crippen molar-refractivity contribution < 1.29 is 0 Å². The molecular weight excluding hydrogens is 434 g/mol. The zero-order valence-electron chi connectivity index (χ0n) is 16.1. The molecule has 0 spiro atoms. The number of nitrogens with zero attached hydrogens (tertiary/aromatic N) is 2. The van der Waals surface area contributed by atoms with Gasteiger partial charge in [-0.1, -0.05) is 0 Å². The van der Waals surface area contributed by atoms with Crippen LogP contribution in [-0.4, -0.2) is 28.2 Å². The van der Waals surface area contributed by atoms with Crippen molar-refractivity contribution in [2.24, 2.45) is 0 Å². The van der Waals surface area contributed by atoms with Gasteiger partial charge in [-0.25, -0.2) is 0 Å². The molecule has 2 nitrogen and oxygen atoms in total. The normalized spacial score (nSPS) is 11.8. The van der Waals surface area contributed by atoms with Gasteiger partial charge >= 0.3 is 163 Å². The van der Waals surface area contributed by atoms with Crippen molar-refractivity contribution >= 4 is 33.6 Å². The van der Waals surface area contributed by atoms with Crippen molar-refractivity contribution in [2.75, 3.05) is 0 Å². The van der Waals surface area contributed by atoms with E-state index in [1.807, 2.05) is 18.3 Å². The van der Waals surface area contributed by atoms with Crippen LogP contribution < -0.4 is 3.58 Å². The number of benzene rings is 1. The zero-order valence-corrected chi connectivity index (χ0v) is 19.7. The molecule has 1 aromatic heterocycles. The van der Waals surface area contributed by atoms with E-state index in [2.05, 4.69) is 48.9 Å². The molecule has 0 amide bonds. The Bertz CT molecular complexity index is 603. The molecule has 4 heteroatoms. The van der Waals surface area contributed by atoms with E-state index in [1.54, 1.807) is 3.58 Å². The third-order valence-corrected chi connectivity index (χ3v) is 21.2. The molecule has 0 N–H and O–H groups in total. The van der Waals surface area contributed by atoms with E-state index in [4.69, 9.17) is 11.6 Å². The van der Waals surface area contributed by atoms with Crippen molar-refractivity contribution in [1.82, 2.24) is 9.78 Å². The summed E-state index contributed by atoms with van der Waals surface area (Å²) in [6.07, 6.45) is 11.9. The van der Waals surface area contributed by atoms with Crippen molar-refractivity contribution in [3.05, 3.63) is 41.7 Å². The van der Waals surface area contributed by atoms with Crippen LogP contribution in [0.1, 0.15) is 59.3 Å². The first-order valence-electron chi connectivity index (χ1n) is 9.97. The fraction of sp³-hybridized carbons (Fsp3) is 0.571. The van der Waals surface area contributed by atoms with Crippen molar-refractivity contribution in [2.45, 2.75) is 72.6 Å². The van der Waals surface area contributed by atoms with Gasteiger partial charge in [-0.15, -0.1) is 0 Å². The maximum atomic E-state index is 6.49. The average molecular weight is 468 g/mol. The van der Waals surface area contributed by atoms with E-state index >= 15 is 0 Å². The summed E-state index contributed by atoms with van der Waals surface area (Å²) in [5.41, 5.74) is 1.29. The molecule has 0 fully saturated rings. The molecule has 0 saturated carbocycles. The van der Waals surface area contributed by atoms with Gasteiger partial charge in [0.2, 0.25) is 0 Å². The molecule has 0 aliphatic carbocycles. The molecule has 1 heterocycles. The number of hydrogen-bond donors (Lipinski definition) is 0. The van der Waals surface area contributed by atoms with Crippen molar-refractivity contribution in [1.29, 1.82) is 0 Å². The molecular formula is C21H33ClN2Sn. The van der Waals surface area contributed by atoms with Crippen molar-refractivity contribution in [3.63, 3.8) is 0 Å². The Kier molecular flexibility index (Phi) is 8.84. The van der Waals surface area contributed by atoms with E-state index in [-0.39, 0.29) is 0 Å². The zero-order chi connectivity index (χ0) is 18.1. The summed E-state index contributed by atoms with van der Waals surface area (Å²) in [6.45, 7) is 6.97. The van der Waals surface area contributed by atoms with Crippen LogP contribution in [0.3, 0.4) is 0 Å². The number of aromatic nitrogens is 2. The van der Waals surface area contributed by atoms with E-state index < -0.39 is 18.4 Å². The molecule has 0 unspecified atom stereocenters. The second kappa shape index (κ2) is 10.6. The van der Waals surface area contributed by atoms with Gasteiger partial charge in [-0.3, -0.25) is 0 Å². The van der Waals surface area contributed by atoms with E-state index in [0.717, 1.165) is 5.02 Å². The predicted octanol–water partition coefficient (Wildman–Crippen LogP) is 6.58. The van der Waals surface area contributed by atoms with Crippen LogP contribution in [0.5, 0.6) is 0 Å². The summed E-state index contributed by atoms with van der Waals surface area (Å²) in [5, 5.41) is 5.42. The fourth-order valence-electron chi connectivity index (χ4n) is 3.87. The summed E-state index contributed by atoms with van der Waals surface area (Å²) in [5.74, 6) is 0. The number of halogens is 1. The van der Waals surface area contributed by atoms with Gasteiger partial charge in [-0.05, 0) is 0 Å². The SMILES string of the molecule is CCC[CH2][Sn]([CH2]CCC)([CH2]CCC)[c]1cc(Cl)ccc1-n1cccn1. The van der Waals surface area contributed by atoms with E-state index in [0.29, 0.717) is 0 Å². The molecule has 0 radical (unpaired) electrons. The van der Waals surface area contributed by atoms with E-state index in [1.165, 1.54) is 57.5 Å². The standard InChI is InChI=1S/C9H6ClN2.3C4H9.Sn/c10-8-2-4-9(5-3-8)12-7-1-6-11-12;3*1-3-4-2;/h1-4,6-7H;3*1,3-4H2,2H3;. The Labute approximate surface area is 162 Å². The summed E-state index contributed by atoms with van der Waals surface area (Å²) in [6, 6.07) is 8.54. The first kappa shape index (κ1) is 20.8. The molecule has 25 heavy (non-hydrogen) atoms. The Morgan fingerprint density at radius 2 is 1.56 bits per heavy atom. The first-order chi connectivity index (χ1) is 12.2. The molecule has 0 saturated heterocycles. The van der Waals surface area contributed by atoms with Gasteiger partial charge in [0.15, 0.2) is 0 Å². The van der Waals surface area contributed by atoms with Gasteiger partial charge in [0.05, 0.1) is 0 Å². The Morgan fingerprint density at radius 3 is 2.04 bits per heavy atom. The van der Waals surface area contributed by atoms with Crippen LogP contribution in [0.15, 0.2) is 36.7 Å². The maximum absolute atomic E-state index is 6.49. The van der Waals surface area contributed by atoms with Gasteiger partial charge in [0.1, 0.15) is 0 Å². The quantitative estimate of drug-likeness (QED) is 0.341. The Balaban J connectivity index is 2.55. The van der Waals surface area contributed by atoms with Gasteiger partial charge in [0.25, 0.3) is 0 Å². The number of hydrogen-bond acceptors (Lipinski definition) is 1. The minimum absolute atomic E-state index is 0.886. The summed E-state index contributed by atoms with van der Waals surface area (Å²) in [4.78, 5) is 0. The molecule has 2 aromatic rings. The second-order valence-corrected chi connectivity index (χ2v) is 20.8. The van der Waals surface area contributed by atoms with Crippen LogP contribution in [0.4, 0.5) is 0 Å². The van der Waals surface area contributed by atoms with Crippen LogP contribution in [0, 0.1) is 0 Å². The monoisotopic (exact) mass is 468 g/mol. The Morgan fingerprint density at radius 1 is 0.960 bits per heavy atom. The molecule has 0 bridgehead atoms. The van der Waals surface area contributed by atoms with Gasteiger partial charge in [0, 0.05) is 0 Å². The van der Waals surface area contributed by atoms with Crippen LogP contribution in [0.2, 0.25) is 18.3 Å². The predicted molar refractivity (Wildman–Crippen MR) is 113 cm³/mol. The number of rotatable bonds is 11. The molecule has 1 aromatic carbocycles. The average Bonchev–Trinajstić information content (AvgIpc) is 3.16. The second-order valence-electron chi connectivity index (χ2n) is 7.20. The molecule has 2 rings (SSSR count). The minimum atomic E-state index is -2.54. The van der Waals surface area contributed by atoms with Crippen LogP contribution >= 0.6 is 11.6 Å². The first-order valence-corrected chi connectivity index (χ1v) is 17.8. The Hall–Kier alpha value is -0.481. The van der Waals surface area contributed by atoms with Crippen LogP contribution in [-0.2, 0) is 0 Å². The van der Waals surface area contributed by atoms with Gasteiger partial charge in [-0.2, -0.15) is 0 Å². The summed E-state index contributed by atoms with van der Waals surface area (Å²) >= 11 is 3.95. The summed E-state index contributed by atoms with van der Waals surface area (Å²) < 4.78 is 7.99. The fourth-order valence-corrected chi connectivity index (χ4v) is 21.0. The van der Waals surface area contributed by atoms with Crippen molar-refractivity contribution in [3.8, 4) is 5.69 Å². The summed E-state index contributed by atoms with van der Waals surface area (Å²) in [7, 11) is 0.